The second kappa shape index (κ2) is 6.88. The fourth-order valence-corrected chi connectivity index (χ4v) is 3.07. The normalized spacial score (nSPS) is 12.3. The lowest BCUT2D eigenvalue weighted by Gasteiger charge is -2.13. The van der Waals surface area contributed by atoms with E-state index in [1.165, 1.54) is 11.3 Å². The first-order chi connectivity index (χ1) is 9.54. The van der Waals surface area contributed by atoms with Crippen molar-refractivity contribution in [2.24, 2.45) is 0 Å². The highest BCUT2D eigenvalue weighted by Gasteiger charge is 2.08. The first-order valence-electron chi connectivity index (χ1n) is 6.33. The van der Waals surface area contributed by atoms with Crippen LogP contribution in [0.4, 0.5) is 0 Å². The largest absolute Gasteiger partial charge is 0.481 e. The van der Waals surface area contributed by atoms with Crippen molar-refractivity contribution in [3.63, 3.8) is 0 Å². The molecule has 3 nitrogen and oxygen atoms in total. The molecule has 0 saturated carbocycles. The van der Waals surface area contributed by atoms with E-state index in [1.54, 1.807) is 0 Å². The molecule has 0 aliphatic rings. The maximum Gasteiger partial charge on any atom is 0.308 e. The Hall–Kier alpha value is -1.36. The van der Waals surface area contributed by atoms with E-state index < -0.39 is 5.97 Å². The number of rotatable bonds is 6. The van der Waals surface area contributed by atoms with Crippen LogP contribution >= 0.6 is 22.9 Å². The fraction of sp³-hybridized carbons (Fsp3) is 0.267. The maximum atomic E-state index is 10.6. The van der Waals surface area contributed by atoms with Crippen LogP contribution in [-0.4, -0.2) is 11.1 Å². The molecule has 0 saturated heterocycles. The van der Waals surface area contributed by atoms with Gasteiger partial charge < -0.3 is 10.4 Å². The minimum absolute atomic E-state index is 0.0918. The minimum Gasteiger partial charge on any atom is -0.481 e. The molecule has 0 bridgehead atoms. The van der Waals surface area contributed by atoms with Crippen LogP contribution < -0.4 is 5.32 Å². The molecule has 0 radical (unpaired) electrons. The SMILES string of the molecule is C[C@@H](NCc1ccc(CC(=O)O)s1)c1cccc(Cl)c1. The molecular weight excluding hydrogens is 294 g/mol. The molecule has 0 spiro atoms. The van der Waals surface area contributed by atoms with Gasteiger partial charge in [0, 0.05) is 27.4 Å². The quantitative estimate of drug-likeness (QED) is 0.851. The van der Waals surface area contributed by atoms with E-state index in [9.17, 15) is 4.79 Å². The number of hydrogen-bond acceptors (Lipinski definition) is 3. The molecule has 1 aromatic carbocycles. The second-order valence-corrected chi connectivity index (χ2v) is 6.29. The molecule has 0 amide bonds. The monoisotopic (exact) mass is 309 g/mol. The summed E-state index contributed by atoms with van der Waals surface area (Å²) in [5, 5.41) is 12.9. The molecule has 0 aliphatic heterocycles. The standard InChI is InChI=1S/C15H16ClNO2S/c1-10(11-3-2-4-12(16)7-11)17-9-14-6-5-13(20-14)8-15(18)19/h2-7,10,17H,8-9H2,1H3,(H,18,19)/t10-/m1/s1. The molecule has 0 unspecified atom stereocenters. The number of aliphatic carboxylic acids is 1. The van der Waals surface area contributed by atoms with Crippen molar-refractivity contribution in [1.82, 2.24) is 5.32 Å². The number of thiophene rings is 1. The van der Waals surface area contributed by atoms with Crippen molar-refractivity contribution in [1.29, 1.82) is 0 Å². The molecule has 0 fully saturated rings. The summed E-state index contributed by atoms with van der Waals surface area (Å²) in [4.78, 5) is 12.7. The first kappa shape index (κ1) is 15.0. The minimum atomic E-state index is -0.793. The van der Waals surface area contributed by atoms with Crippen molar-refractivity contribution in [2.45, 2.75) is 25.9 Å². The van der Waals surface area contributed by atoms with Crippen LogP contribution in [0.5, 0.6) is 0 Å². The summed E-state index contributed by atoms with van der Waals surface area (Å²) in [6.45, 7) is 2.80. The highest BCUT2D eigenvalue weighted by atomic mass is 35.5. The van der Waals surface area contributed by atoms with Crippen LogP contribution in [0.2, 0.25) is 5.02 Å². The third-order valence-corrected chi connectivity index (χ3v) is 4.29. The van der Waals surface area contributed by atoms with Gasteiger partial charge in [-0.25, -0.2) is 0 Å². The van der Waals surface area contributed by atoms with E-state index in [2.05, 4.69) is 12.2 Å². The lowest BCUT2D eigenvalue weighted by Crippen LogP contribution is -2.17. The van der Waals surface area contributed by atoms with Gasteiger partial charge in [0.25, 0.3) is 0 Å². The summed E-state index contributed by atoms with van der Waals surface area (Å²) in [6, 6.07) is 11.8. The van der Waals surface area contributed by atoms with Gasteiger partial charge in [0.15, 0.2) is 0 Å². The highest BCUT2D eigenvalue weighted by Crippen LogP contribution is 2.20. The molecule has 1 atom stereocenters. The van der Waals surface area contributed by atoms with Crippen molar-refractivity contribution in [3.05, 3.63) is 56.7 Å². The Balaban J connectivity index is 1.91. The fourth-order valence-electron chi connectivity index (χ4n) is 1.91. The summed E-state index contributed by atoms with van der Waals surface area (Å²) in [7, 11) is 0. The summed E-state index contributed by atoms with van der Waals surface area (Å²) in [5.74, 6) is -0.793. The Morgan fingerprint density at radius 2 is 2.10 bits per heavy atom. The predicted octanol–water partition coefficient (Wildman–Crippen LogP) is 3.88. The number of benzene rings is 1. The van der Waals surface area contributed by atoms with Crippen LogP contribution in [0.3, 0.4) is 0 Å². The summed E-state index contributed by atoms with van der Waals surface area (Å²) in [5.41, 5.74) is 1.14. The molecule has 20 heavy (non-hydrogen) atoms. The van der Waals surface area contributed by atoms with E-state index in [1.807, 2.05) is 36.4 Å². The van der Waals surface area contributed by atoms with E-state index in [-0.39, 0.29) is 12.5 Å². The molecule has 106 valence electrons. The van der Waals surface area contributed by atoms with Gasteiger partial charge in [0.1, 0.15) is 0 Å². The third kappa shape index (κ3) is 4.34. The third-order valence-electron chi connectivity index (χ3n) is 2.97. The van der Waals surface area contributed by atoms with Crippen LogP contribution in [0.1, 0.15) is 28.3 Å². The van der Waals surface area contributed by atoms with E-state index >= 15 is 0 Å². The summed E-state index contributed by atoms with van der Waals surface area (Å²) >= 11 is 7.51. The lowest BCUT2D eigenvalue weighted by molar-refractivity contribution is -0.136. The topological polar surface area (TPSA) is 49.3 Å². The van der Waals surface area contributed by atoms with Crippen LogP contribution in [-0.2, 0) is 17.8 Å². The average molecular weight is 310 g/mol. The zero-order valence-electron chi connectivity index (χ0n) is 11.1. The average Bonchev–Trinajstić information content (AvgIpc) is 2.82. The number of halogens is 1. The Morgan fingerprint density at radius 1 is 1.35 bits per heavy atom. The van der Waals surface area contributed by atoms with Crippen LogP contribution in [0.15, 0.2) is 36.4 Å². The van der Waals surface area contributed by atoms with Crippen molar-refractivity contribution in [2.75, 3.05) is 0 Å². The summed E-state index contributed by atoms with van der Waals surface area (Å²) in [6.07, 6.45) is 0.0918. The molecule has 2 aromatic rings. The second-order valence-electron chi connectivity index (χ2n) is 4.60. The lowest BCUT2D eigenvalue weighted by atomic mass is 10.1. The van der Waals surface area contributed by atoms with Gasteiger partial charge in [-0.3, -0.25) is 4.79 Å². The predicted molar refractivity (Wildman–Crippen MR) is 82.4 cm³/mol. The molecule has 2 N–H and O–H groups in total. The molecule has 2 rings (SSSR count). The van der Waals surface area contributed by atoms with Crippen molar-refractivity contribution >= 4 is 28.9 Å². The number of carboxylic acid groups (broad SMARTS) is 1. The zero-order valence-corrected chi connectivity index (χ0v) is 12.7. The van der Waals surface area contributed by atoms with Gasteiger partial charge in [-0.1, -0.05) is 23.7 Å². The number of carbonyl (C=O) groups is 1. The number of nitrogens with one attached hydrogen (secondary N) is 1. The molecule has 1 heterocycles. The maximum absolute atomic E-state index is 10.6. The van der Waals surface area contributed by atoms with Gasteiger partial charge in [-0.05, 0) is 36.8 Å². The molecule has 5 heteroatoms. The number of hydrogen-bond donors (Lipinski definition) is 2. The highest BCUT2D eigenvalue weighted by molar-refractivity contribution is 7.12. The summed E-state index contributed by atoms with van der Waals surface area (Å²) < 4.78 is 0. The molecule has 1 aromatic heterocycles. The van der Waals surface area contributed by atoms with Gasteiger partial charge >= 0.3 is 5.97 Å². The van der Waals surface area contributed by atoms with Gasteiger partial charge in [0.05, 0.1) is 6.42 Å². The van der Waals surface area contributed by atoms with Crippen LogP contribution in [0.25, 0.3) is 0 Å². The smallest absolute Gasteiger partial charge is 0.308 e. The van der Waals surface area contributed by atoms with Gasteiger partial charge in [0.2, 0.25) is 0 Å². The number of carboxylic acids is 1. The van der Waals surface area contributed by atoms with E-state index in [4.69, 9.17) is 16.7 Å². The Labute approximate surface area is 127 Å². The van der Waals surface area contributed by atoms with Gasteiger partial charge in [-0.2, -0.15) is 0 Å². The molecule has 0 aliphatic carbocycles. The Kier molecular flexibility index (Phi) is 5.17. The Morgan fingerprint density at radius 3 is 2.80 bits per heavy atom. The molecular formula is C15H16ClNO2S. The Bertz CT molecular complexity index is 597. The van der Waals surface area contributed by atoms with E-state index in [0.717, 1.165) is 26.9 Å². The van der Waals surface area contributed by atoms with Gasteiger partial charge in [-0.15, -0.1) is 11.3 Å². The first-order valence-corrected chi connectivity index (χ1v) is 7.52. The van der Waals surface area contributed by atoms with Crippen molar-refractivity contribution in [3.8, 4) is 0 Å². The zero-order chi connectivity index (χ0) is 14.5. The van der Waals surface area contributed by atoms with Crippen LogP contribution in [0, 0.1) is 0 Å². The van der Waals surface area contributed by atoms with Crippen molar-refractivity contribution < 1.29 is 9.90 Å². The van der Waals surface area contributed by atoms with E-state index in [0.29, 0.717) is 0 Å².